The molecule has 1 aromatic carbocycles. The lowest BCUT2D eigenvalue weighted by atomic mass is 10.1. The second kappa shape index (κ2) is 9.99. The fraction of sp³-hybridized carbons (Fsp3) is 0.400. The first-order valence-electron chi connectivity index (χ1n) is 11.5. The standard InChI is InChI=1S/C25H27N5O5S/c1-25(2,3)35-24(34)27-17-9-6-10-29(13-17)23-28-19-18(22(32)33)14-36-20(19)21(31)30(23)12-16-8-5-4-7-15(16)11-26/h4-5,7-8,14,17H,6,9-10,12-13H2,1-3H3,(H,27,34)(H,32,33)/t17-/m1/s1. The fourth-order valence-electron chi connectivity index (χ4n) is 4.21. The van der Waals surface area contributed by atoms with Gasteiger partial charge in [-0.3, -0.25) is 9.36 Å². The maximum absolute atomic E-state index is 13.6. The van der Waals surface area contributed by atoms with Gasteiger partial charge in [0.15, 0.2) is 0 Å². The zero-order valence-electron chi connectivity index (χ0n) is 20.3. The highest BCUT2D eigenvalue weighted by atomic mass is 32.1. The van der Waals surface area contributed by atoms with E-state index in [4.69, 9.17) is 4.74 Å². The summed E-state index contributed by atoms with van der Waals surface area (Å²) in [6.07, 6.45) is 0.917. The average Bonchev–Trinajstić information content (AvgIpc) is 3.24. The highest BCUT2D eigenvalue weighted by Gasteiger charge is 2.28. The molecule has 3 aromatic rings. The van der Waals surface area contributed by atoms with Crippen molar-refractivity contribution in [3.63, 3.8) is 0 Å². The van der Waals surface area contributed by atoms with Gasteiger partial charge in [0.25, 0.3) is 5.56 Å². The van der Waals surface area contributed by atoms with Crippen molar-refractivity contribution >= 4 is 39.6 Å². The van der Waals surface area contributed by atoms with Crippen LogP contribution >= 0.6 is 11.3 Å². The predicted molar refractivity (Wildman–Crippen MR) is 136 cm³/mol. The number of carboxylic acid groups (broad SMARTS) is 1. The zero-order valence-corrected chi connectivity index (χ0v) is 21.1. The van der Waals surface area contributed by atoms with Crippen LogP contribution in [-0.2, 0) is 11.3 Å². The predicted octanol–water partition coefficient (Wildman–Crippen LogP) is 3.57. The molecule has 1 fully saturated rings. The van der Waals surface area contributed by atoms with Gasteiger partial charge in [0.1, 0.15) is 15.8 Å². The van der Waals surface area contributed by atoms with E-state index in [1.807, 2.05) is 4.90 Å². The van der Waals surface area contributed by atoms with Crippen LogP contribution in [0, 0.1) is 11.3 Å². The number of aromatic carboxylic acids is 1. The summed E-state index contributed by atoms with van der Waals surface area (Å²) in [6, 6.07) is 8.91. The maximum Gasteiger partial charge on any atom is 0.407 e. The molecule has 1 atom stereocenters. The summed E-state index contributed by atoms with van der Waals surface area (Å²) in [4.78, 5) is 44.2. The summed E-state index contributed by atoms with van der Waals surface area (Å²) < 4.78 is 7.11. The molecule has 2 aromatic heterocycles. The number of benzene rings is 1. The monoisotopic (exact) mass is 509 g/mol. The molecule has 1 amide bonds. The minimum absolute atomic E-state index is 0.0293. The van der Waals surface area contributed by atoms with E-state index in [0.717, 1.165) is 24.2 Å². The number of rotatable bonds is 5. The van der Waals surface area contributed by atoms with E-state index in [1.54, 1.807) is 45.0 Å². The smallest absolute Gasteiger partial charge is 0.407 e. The number of anilines is 1. The number of hydrogen-bond acceptors (Lipinski definition) is 8. The largest absolute Gasteiger partial charge is 0.478 e. The Kier molecular flexibility index (Phi) is 6.99. The van der Waals surface area contributed by atoms with Gasteiger partial charge in [0, 0.05) is 24.5 Å². The van der Waals surface area contributed by atoms with Gasteiger partial charge >= 0.3 is 12.1 Å². The molecule has 3 heterocycles. The van der Waals surface area contributed by atoms with Crippen molar-refractivity contribution in [1.82, 2.24) is 14.9 Å². The van der Waals surface area contributed by atoms with Gasteiger partial charge in [-0.05, 0) is 45.2 Å². The first-order valence-corrected chi connectivity index (χ1v) is 12.4. The normalized spacial score (nSPS) is 15.9. The van der Waals surface area contributed by atoms with Crippen LogP contribution in [0.3, 0.4) is 0 Å². The number of carbonyl (C=O) groups is 2. The molecular formula is C25H27N5O5S. The summed E-state index contributed by atoms with van der Waals surface area (Å²) in [5.41, 5.74) is 0.197. The van der Waals surface area contributed by atoms with Crippen molar-refractivity contribution in [2.75, 3.05) is 18.0 Å². The quantitative estimate of drug-likeness (QED) is 0.532. The van der Waals surface area contributed by atoms with E-state index in [2.05, 4.69) is 16.4 Å². The molecule has 10 nitrogen and oxygen atoms in total. The van der Waals surface area contributed by atoms with Crippen molar-refractivity contribution in [2.45, 2.75) is 51.8 Å². The number of piperidine rings is 1. The minimum atomic E-state index is -1.16. The molecule has 2 N–H and O–H groups in total. The summed E-state index contributed by atoms with van der Waals surface area (Å²) in [6.45, 7) is 6.40. The molecule has 4 rings (SSSR count). The van der Waals surface area contributed by atoms with Crippen LogP contribution in [0.15, 0.2) is 34.4 Å². The van der Waals surface area contributed by atoms with Gasteiger partial charge in [-0.2, -0.15) is 5.26 Å². The highest BCUT2D eigenvalue weighted by Crippen LogP contribution is 2.27. The topological polar surface area (TPSA) is 138 Å². The summed E-state index contributed by atoms with van der Waals surface area (Å²) in [5, 5.41) is 23.5. The first-order chi connectivity index (χ1) is 17.1. The summed E-state index contributed by atoms with van der Waals surface area (Å²) in [7, 11) is 0. The molecule has 1 saturated heterocycles. The molecule has 0 aliphatic carbocycles. The third-order valence-electron chi connectivity index (χ3n) is 5.78. The lowest BCUT2D eigenvalue weighted by molar-refractivity contribution is 0.0499. The van der Waals surface area contributed by atoms with Crippen LogP contribution in [0.4, 0.5) is 10.7 Å². The number of aromatic nitrogens is 2. The maximum atomic E-state index is 13.6. The van der Waals surface area contributed by atoms with Gasteiger partial charge in [-0.15, -0.1) is 11.3 Å². The molecule has 0 saturated carbocycles. The van der Waals surface area contributed by atoms with Crippen LogP contribution in [0.5, 0.6) is 0 Å². The van der Waals surface area contributed by atoms with Gasteiger partial charge in [-0.1, -0.05) is 18.2 Å². The molecule has 0 bridgehead atoms. The van der Waals surface area contributed by atoms with E-state index in [9.17, 15) is 24.8 Å². The second-order valence-corrected chi connectivity index (χ2v) is 10.5. The van der Waals surface area contributed by atoms with E-state index in [-0.39, 0.29) is 33.9 Å². The number of carboxylic acids is 1. The number of nitriles is 1. The molecule has 0 unspecified atom stereocenters. The molecule has 0 spiro atoms. The van der Waals surface area contributed by atoms with Crippen molar-refractivity contribution in [1.29, 1.82) is 5.26 Å². The van der Waals surface area contributed by atoms with Gasteiger partial charge in [0.2, 0.25) is 5.95 Å². The van der Waals surface area contributed by atoms with Crippen LogP contribution in [0.25, 0.3) is 10.2 Å². The zero-order chi connectivity index (χ0) is 26.0. The number of hydrogen-bond donors (Lipinski definition) is 2. The van der Waals surface area contributed by atoms with Crippen molar-refractivity contribution in [2.24, 2.45) is 0 Å². The van der Waals surface area contributed by atoms with Crippen LogP contribution in [-0.4, -0.2) is 51.5 Å². The third-order valence-corrected chi connectivity index (χ3v) is 6.74. The summed E-state index contributed by atoms with van der Waals surface area (Å²) >= 11 is 1.04. The number of carbonyl (C=O) groups excluding carboxylic acids is 1. The number of nitrogens with one attached hydrogen (secondary N) is 1. The average molecular weight is 510 g/mol. The van der Waals surface area contributed by atoms with Crippen LogP contribution in [0.2, 0.25) is 0 Å². The van der Waals surface area contributed by atoms with Gasteiger partial charge in [-0.25, -0.2) is 14.6 Å². The molecule has 188 valence electrons. The second-order valence-electron chi connectivity index (χ2n) is 9.64. The van der Waals surface area contributed by atoms with Gasteiger partial charge < -0.3 is 20.1 Å². The Balaban J connectivity index is 1.75. The van der Waals surface area contributed by atoms with Crippen LogP contribution in [0.1, 0.15) is 55.1 Å². The lowest BCUT2D eigenvalue weighted by Gasteiger charge is -2.35. The number of alkyl carbamates (subject to hydrolysis) is 1. The Morgan fingerprint density at radius 2 is 2.08 bits per heavy atom. The minimum Gasteiger partial charge on any atom is -0.478 e. The first kappa shape index (κ1) is 25.2. The Bertz CT molecular complexity index is 1410. The van der Waals surface area contributed by atoms with Crippen molar-refractivity contribution in [3.8, 4) is 6.07 Å². The molecule has 1 aliphatic rings. The molecule has 0 radical (unpaired) electrons. The molecule has 11 heteroatoms. The lowest BCUT2D eigenvalue weighted by Crippen LogP contribution is -2.50. The van der Waals surface area contributed by atoms with Crippen molar-refractivity contribution in [3.05, 3.63) is 56.7 Å². The summed E-state index contributed by atoms with van der Waals surface area (Å²) in [5.74, 6) is -0.855. The number of thiophene rings is 1. The molecular weight excluding hydrogens is 482 g/mol. The molecule has 36 heavy (non-hydrogen) atoms. The number of fused-ring (bicyclic) bond motifs is 1. The Morgan fingerprint density at radius 3 is 2.78 bits per heavy atom. The van der Waals surface area contributed by atoms with E-state index < -0.39 is 17.7 Å². The van der Waals surface area contributed by atoms with Gasteiger partial charge in [0.05, 0.1) is 23.7 Å². The Hall–Kier alpha value is -3.91. The SMILES string of the molecule is CC(C)(C)OC(=O)N[C@@H]1CCCN(c2nc3c(C(=O)O)csc3c(=O)n2Cc2ccccc2C#N)C1. The van der Waals surface area contributed by atoms with Crippen molar-refractivity contribution < 1.29 is 19.4 Å². The van der Waals surface area contributed by atoms with E-state index in [0.29, 0.717) is 30.2 Å². The Morgan fingerprint density at radius 1 is 1.33 bits per heavy atom. The fourth-order valence-corrected chi connectivity index (χ4v) is 5.14. The third kappa shape index (κ3) is 5.33. The Labute approximate surface area is 211 Å². The number of ether oxygens (including phenoxy) is 1. The van der Waals surface area contributed by atoms with E-state index >= 15 is 0 Å². The number of amides is 1. The van der Waals surface area contributed by atoms with E-state index in [1.165, 1.54) is 9.95 Å². The number of nitrogens with zero attached hydrogens (tertiary/aromatic N) is 4. The van der Waals surface area contributed by atoms with Crippen LogP contribution < -0.4 is 15.8 Å². The highest BCUT2D eigenvalue weighted by molar-refractivity contribution is 7.17. The molecule has 1 aliphatic heterocycles.